The van der Waals surface area contributed by atoms with Gasteiger partial charge in [-0.3, -0.25) is 0 Å². The van der Waals surface area contributed by atoms with Crippen LogP contribution in [0, 0.1) is 0 Å². The zero-order valence-corrected chi connectivity index (χ0v) is 10.8. The molecule has 0 aliphatic heterocycles. The minimum absolute atomic E-state index is 0.403. The number of nitrogens with one attached hydrogen (secondary N) is 1. The van der Waals surface area contributed by atoms with Gasteiger partial charge in [0.25, 0.3) is 0 Å². The molecule has 1 aromatic rings. The van der Waals surface area contributed by atoms with E-state index >= 15 is 0 Å². The second-order valence-electron chi connectivity index (χ2n) is 3.73. The third kappa shape index (κ3) is 4.78. The van der Waals surface area contributed by atoms with Gasteiger partial charge in [0.15, 0.2) is 0 Å². The average molecular weight is 271 g/mol. The summed E-state index contributed by atoms with van der Waals surface area (Å²) >= 11 is 3.48. The summed E-state index contributed by atoms with van der Waals surface area (Å²) in [5, 5.41) is 3.48. The predicted octanol–water partition coefficient (Wildman–Crippen LogP) is 2.84. The number of benzene rings is 1. The zero-order chi connectivity index (χ0) is 11.1. The summed E-state index contributed by atoms with van der Waals surface area (Å²) in [5.41, 5.74) is 6.76. The molecule has 0 heterocycles. The third-order valence-corrected chi connectivity index (χ3v) is 2.92. The Morgan fingerprint density at radius 1 is 1.40 bits per heavy atom. The second-order valence-corrected chi connectivity index (χ2v) is 4.64. The van der Waals surface area contributed by atoms with Gasteiger partial charge in [0, 0.05) is 10.5 Å². The molecule has 0 fully saturated rings. The first-order valence-electron chi connectivity index (χ1n) is 5.43. The lowest BCUT2D eigenvalue weighted by atomic mass is 10.1. The fourth-order valence-corrected chi connectivity index (χ4v) is 1.90. The summed E-state index contributed by atoms with van der Waals surface area (Å²) in [7, 11) is 0. The summed E-state index contributed by atoms with van der Waals surface area (Å²) in [6, 6.07) is 8.81. The van der Waals surface area contributed by atoms with Gasteiger partial charge < -0.3 is 11.1 Å². The SMILES string of the molecule is CC(NCCCCN)c1cccc(Br)c1. The van der Waals surface area contributed by atoms with Crippen LogP contribution in [0.15, 0.2) is 28.7 Å². The van der Waals surface area contributed by atoms with Crippen LogP contribution in [0.5, 0.6) is 0 Å². The van der Waals surface area contributed by atoms with E-state index in [0.29, 0.717) is 6.04 Å². The molecule has 0 saturated heterocycles. The van der Waals surface area contributed by atoms with E-state index in [-0.39, 0.29) is 0 Å². The Morgan fingerprint density at radius 3 is 2.87 bits per heavy atom. The number of halogens is 1. The smallest absolute Gasteiger partial charge is 0.0292 e. The van der Waals surface area contributed by atoms with Gasteiger partial charge in [-0.25, -0.2) is 0 Å². The van der Waals surface area contributed by atoms with Crippen molar-refractivity contribution in [1.82, 2.24) is 5.32 Å². The van der Waals surface area contributed by atoms with Crippen molar-refractivity contribution in [2.45, 2.75) is 25.8 Å². The maximum atomic E-state index is 5.44. The van der Waals surface area contributed by atoms with Gasteiger partial charge in [-0.05, 0) is 50.6 Å². The molecule has 15 heavy (non-hydrogen) atoms. The molecule has 0 aromatic heterocycles. The lowest BCUT2D eigenvalue weighted by Crippen LogP contribution is -2.20. The normalized spacial score (nSPS) is 12.7. The van der Waals surface area contributed by atoms with E-state index in [4.69, 9.17) is 5.73 Å². The maximum absolute atomic E-state index is 5.44. The van der Waals surface area contributed by atoms with Crippen molar-refractivity contribution in [3.8, 4) is 0 Å². The van der Waals surface area contributed by atoms with E-state index < -0.39 is 0 Å². The zero-order valence-electron chi connectivity index (χ0n) is 9.17. The highest BCUT2D eigenvalue weighted by Crippen LogP contribution is 2.17. The average Bonchev–Trinajstić information content (AvgIpc) is 2.24. The lowest BCUT2D eigenvalue weighted by molar-refractivity contribution is 0.548. The minimum atomic E-state index is 0.403. The van der Waals surface area contributed by atoms with Gasteiger partial charge in [0.2, 0.25) is 0 Å². The first-order chi connectivity index (χ1) is 7.24. The van der Waals surface area contributed by atoms with Crippen LogP contribution in [-0.4, -0.2) is 13.1 Å². The van der Waals surface area contributed by atoms with Crippen molar-refractivity contribution in [3.05, 3.63) is 34.3 Å². The van der Waals surface area contributed by atoms with Crippen LogP contribution in [0.3, 0.4) is 0 Å². The topological polar surface area (TPSA) is 38.0 Å². The van der Waals surface area contributed by atoms with Crippen molar-refractivity contribution in [2.75, 3.05) is 13.1 Å². The van der Waals surface area contributed by atoms with Gasteiger partial charge in [-0.2, -0.15) is 0 Å². The summed E-state index contributed by atoms with van der Waals surface area (Å²) in [4.78, 5) is 0. The first kappa shape index (κ1) is 12.7. The molecule has 0 saturated carbocycles. The number of rotatable bonds is 6. The summed E-state index contributed by atoms with van der Waals surface area (Å²) in [5.74, 6) is 0. The van der Waals surface area contributed by atoms with Gasteiger partial charge in [-0.1, -0.05) is 28.1 Å². The van der Waals surface area contributed by atoms with Crippen LogP contribution in [0.25, 0.3) is 0 Å². The van der Waals surface area contributed by atoms with E-state index in [1.807, 2.05) is 6.07 Å². The molecule has 0 radical (unpaired) electrons. The predicted molar refractivity (Wildman–Crippen MR) is 68.8 cm³/mol. The van der Waals surface area contributed by atoms with Crippen LogP contribution < -0.4 is 11.1 Å². The van der Waals surface area contributed by atoms with Crippen molar-refractivity contribution in [2.24, 2.45) is 5.73 Å². The van der Waals surface area contributed by atoms with Gasteiger partial charge in [0.1, 0.15) is 0 Å². The van der Waals surface area contributed by atoms with Crippen LogP contribution in [0.1, 0.15) is 31.4 Å². The molecule has 1 unspecified atom stereocenters. The minimum Gasteiger partial charge on any atom is -0.330 e. The quantitative estimate of drug-likeness (QED) is 0.781. The van der Waals surface area contributed by atoms with E-state index in [1.165, 1.54) is 5.56 Å². The van der Waals surface area contributed by atoms with Crippen molar-refractivity contribution in [3.63, 3.8) is 0 Å². The molecule has 2 nitrogen and oxygen atoms in total. The summed E-state index contributed by atoms with van der Waals surface area (Å²) in [6.07, 6.45) is 2.24. The molecule has 3 heteroatoms. The van der Waals surface area contributed by atoms with Crippen LogP contribution in [0.4, 0.5) is 0 Å². The van der Waals surface area contributed by atoms with Gasteiger partial charge in [-0.15, -0.1) is 0 Å². The van der Waals surface area contributed by atoms with E-state index in [0.717, 1.165) is 30.4 Å². The molecule has 0 bridgehead atoms. The van der Waals surface area contributed by atoms with Crippen molar-refractivity contribution >= 4 is 15.9 Å². The Hall–Kier alpha value is -0.380. The third-order valence-electron chi connectivity index (χ3n) is 2.43. The Kier molecular flexibility index (Phi) is 5.91. The molecular formula is C12H19BrN2. The van der Waals surface area contributed by atoms with Crippen molar-refractivity contribution in [1.29, 1.82) is 0 Å². The van der Waals surface area contributed by atoms with E-state index in [1.54, 1.807) is 0 Å². The van der Waals surface area contributed by atoms with E-state index in [9.17, 15) is 0 Å². The lowest BCUT2D eigenvalue weighted by Gasteiger charge is -2.14. The fourth-order valence-electron chi connectivity index (χ4n) is 1.48. The molecular weight excluding hydrogens is 252 g/mol. The van der Waals surface area contributed by atoms with Crippen molar-refractivity contribution < 1.29 is 0 Å². The highest BCUT2D eigenvalue weighted by Gasteiger charge is 2.03. The largest absolute Gasteiger partial charge is 0.330 e. The molecule has 1 atom stereocenters. The molecule has 0 aliphatic carbocycles. The van der Waals surface area contributed by atoms with Crippen LogP contribution >= 0.6 is 15.9 Å². The molecule has 1 rings (SSSR count). The number of unbranched alkanes of at least 4 members (excludes halogenated alkanes) is 1. The fraction of sp³-hybridized carbons (Fsp3) is 0.500. The molecule has 0 spiro atoms. The number of hydrogen-bond donors (Lipinski definition) is 2. The van der Waals surface area contributed by atoms with Gasteiger partial charge >= 0.3 is 0 Å². The molecule has 3 N–H and O–H groups in total. The number of hydrogen-bond acceptors (Lipinski definition) is 2. The van der Waals surface area contributed by atoms with Gasteiger partial charge in [0.05, 0.1) is 0 Å². The molecule has 0 aliphatic rings. The van der Waals surface area contributed by atoms with Crippen LogP contribution in [0.2, 0.25) is 0 Å². The molecule has 0 amide bonds. The maximum Gasteiger partial charge on any atom is 0.0292 e. The highest BCUT2D eigenvalue weighted by atomic mass is 79.9. The Labute approximate surface area is 100 Å². The Morgan fingerprint density at radius 2 is 2.20 bits per heavy atom. The Bertz CT molecular complexity index is 289. The molecule has 1 aromatic carbocycles. The molecule has 84 valence electrons. The standard InChI is InChI=1S/C12H19BrN2/c1-10(15-8-3-2-7-14)11-5-4-6-12(13)9-11/h4-6,9-10,15H,2-3,7-8,14H2,1H3. The summed E-state index contributed by atoms with van der Waals surface area (Å²) < 4.78 is 1.13. The Balaban J connectivity index is 2.36. The number of nitrogens with two attached hydrogens (primary N) is 1. The summed E-state index contributed by atoms with van der Waals surface area (Å²) in [6.45, 7) is 4.00. The highest BCUT2D eigenvalue weighted by molar-refractivity contribution is 9.10. The van der Waals surface area contributed by atoms with Crippen LogP contribution in [-0.2, 0) is 0 Å². The first-order valence-corrected chi connectivity index (χ1v) is 6.22. The monoisotopic (exact) mass is 270 g/mol. The van der Waals surface area contributed by atoms with E-state index in [2.05, 4.69) is 46.4 Å². The second kappa shape index (κ2) is 6.99.